The predicted molar refractivity (Wildman–Crippen MR) is 101 cm³/mol. The lowest BCUT2D eigenvalue weighted by Gasteiger charge is -2.27. The summed E-state index contributed by atoms with van der Waals surface area (Å²) in [6.07, 6.45) is 1.83. The molecule has 0 unspecified atom stereocenters. The monoisotopic (exact) mass is 351 g/mol. The highest BCUT2D eigenvalue weighted by molar-refractivity contribution is 5.86. The van der Waals surface area contributed by atoms with Gasteiger partial charge < -0.3 is 19.1 Å². The van der Waals surface area contributed by atoms with Crippen LogP contribution >= 0.6 is 0 Å². The van der Waals surface area contributed by atoms with Crippen molar-refractivity contribution in [1.82, 2.24) is 9.97 Å². The van der Waals surface area contributed by atoms with Gasteiger partial charge in [-0.15, -0.1) is 0 Å². The Hall–Kier alpha value is -2.86. The van der Waals surface area contributed by atoms with Gasteiger partial charge in [-0.2, -0.15) is 0 Å². The first-order chi connectivity index (χ1) is 12.8. The van der Waals surface area contributed by atoms with Crippen molar-refractivity contribution in [3.8, 4) is 22.6 Å². The first-order valence-electron chi connectivity index (χ1n) is 8.61. The van der Waals surface area contributed by atoms with E-state index in [0.29, 0.717) is 0 Å². The molecule has 1 aliphatic heterocycles. The molecule has 26 heavy (non-hydrogen) atoms. The van der Waals surface area contributed by atoms with E-state index < -0.39 is 0 Å². The van der Waals surface area contributed by atoms with Crippen LogP contribution in [0.25, 0.3) is 22.2 Å². The fourth-order valence-corrected chi connectivity index (χ4v) is 3.24. The molecule has 0 atom stereocenters. The van der Waals surface area contributed by atoms with Crippen molar-refractivity contribution in [2.75, 3.05) is 45.4 Å². The Labute approximate surface area is 152 Å². The van der Waals surface area contributed by atoms with E-state index in [0.717, 1.165) is 65.8 Å². The number of benzene rings is 2. The largest absolute Gasteiger partial charge is 0.496 e. The van der Waals surface area contributed by atoms with Crippen molar-refractivity contribution in [1.29, 1.82) is 0 Å². The van der Waals surface area contributed by atoms with E-state index in [2.05, 4.69) is 9.88 Å². The molecule has 1 saturated heterocycles. The maximum Gasteiger partial charge on any atom is 0.148 e. The number of hydrogen-bond acceptors (Lipinski definition) is 6. The number of anilines is 1. The number of rotatable bonds is 4. The molecule has 0 radical (unpaired) electrons. The third kappa shape index (κ3) is 3.04. The molecule has 1 aromatic heterocycles. The third-order valence-electron chi connectivity index (χ3n) is 4.58. The molecule has 0 N–H and O–H groups in total. The lowest BCUT2D eigenvalue weighted by atomic mass is 10.0. The Morgan fingerprint density at radius 1 is 0.962 bits per heavy atom. The summed E-state index contributed by atoms with van der Waals surface area (Å²) in [5, 5.41) is 0. The normalized spacial score (nSPS) is 14.5. The zero-order valence-corrected chi connectivity index (χ0v) is 14.9. The topological polar surface area (TPSA) is 56.7 Å². The van der Waals surface area contributed by atoms with Crippen LogP contribution in [0.15, 0.2) is 42.6 Å². The number of hydrogen-bond donors (Lipinski definition) is 0. The zero-order valence-electron chi connectivity index (χ0n) is 14.9. The van der Waals surface area contributed by atoms with E-state index in [1.54, 1.807) is 14.2 Å². The molecule has 134 valence electrons. The number of nitrogens with zero attached hydrogens (tertiary/aromatic N) is 3. The Morgan fingerprint density at radius 2 is 1.69 bits per heavy atom. The molecule has 2 aromatic carbocycles. The fraction of sp³-hybridized carbons (Fsp3) is 0.300. The van der Waals surface area contributed by atoms with Gasteiger partial charge >= 0.3 is 0 Å². The van der Waals surface area contributed by atoms with Crippen LogP contribution in [0.2, 0.25) is 0 Å². The summed E-state index contributed by atoms with van der Waals surface area (Å²) in [6, 6.07) is 11.8. The van der Waals surface area contributed by atoms with Crippen LogP contribution in [0, 0.1) is 0 Å². The van der Waals surface area contributed by atoms with Crippen molar-refractivity contribution in [3.05, 3.63) is 42.6 Å². The van der Waals surface area contributed by atoms with E-state index in [4.69, 9.17) is 19.2 Å². The Balaban J connectivity index is 1.80. The van der Waals surface area contributed by atoms with Crippen molar-refractivity contribution in [2.24, 2.45) is 0 Å². The van der Waals surface area contributed by atoms with Gasteiger partial charge in [0.2, 0.25) is 0 Å². The van der Waals surface area contributed by atoms with Gasteiger partial charge in [-0.25, -0.2) is 4.98 Å². The Kier molecular flexibility index (Phi) is 4.58. The second-order valence-corrected chi connectivity index (χ2v) is 6.07. The van der Waals surface area contributed by atoms with Crippen LogP contribution in [-0.4, -0.2) is 50.5 Å². The summed E-state index contributed by atoms with van der Waals surface area (Å²) < 4.78 is 16.5. The van der Waals surface area contributed by atoms with Crippen LogP contribution in [-0.2, 0) is 4.74 Å². The van der Waals surface area contributed by atoms with Crippen LogP contribution < -0.4 is 14.4 Å². The third-order valence-corrected chi connectivity index (χ3v) is 4.58. The number of methoxy groups -OCH3 is 2. The van der Waals surface area contributed by atoms with Gasteiger partial charge in [-0.1, -0.05) is 12.1 Å². The van der Waals surface area contributed by atoms with Gasteiger partial charge in [0.1, 0.15) is 17.3 Å². The van der Waals surface area contributed by atoms with Crippen LogP contribution in [0.4, 0.5) is 5.82 Å². The van der Waals surface area contributed by atoms with Crippen molar-refractivity contribution in [3.63, 3.8) is 0 Å². The zero-order chi connectivity index (χ0) is 17.9. The molecule has 1 fully saturated rings. The summed E-state index contributed by atoms with van der Waals surface area (Å²) in [5.41, 5.74) is 3.61. The van der Waals surface area contributed by atoms with E-state index >= 15 is 0 Å². The van der Waals surface area contributed by atoms with Gasteiger partial charge in [-0.3, -0.25) is 4.98 Å². The minimum atomic E-state index is 0.720. The second kappa shape index (κ2) is 7.17. The maximum absolute atomic E-state index is 5.54. The molecule has 3 aromatic rings. The molecule has 0 amide bonds. The summed E-state index contributed by atoms with van der Waals surface area (Å²) in [4.78, 5) is 11.6. The number of ether oxygens (including phenoxy) is 3. The Morgan fingerprint density at radius 3 is 2.38 bits per heavy atom. The molecule has 0 saturated carbocycles. The minimum absolute atomic E-state index is 0.720. The summed E-state index contributed by atoms with van der Waals surface area (Å²) in [7, 11) is 3.32. The highest BCUT2D eigenvalue weighted by atomic mass is 16.5. The molecule has 1 aliphatic rings. The maximum atomic E-state index is 5.54. The first-order valence-corrected chi connectivity index (χ1v) is 8.61. The molecular weight excluding hydrogens is 330 g/mol. The Bertz CT molecular complexity index is 901. The van der Waals surface area contributed by atoms with Crippen LogP contribution in [0.5, 0.6) is 11.5 Å². The molecular formula is C20H21N3O3. The van der Waals surface area contributed by atoms with Gasteiger partial charge in [0.15, 0.2) is 0 Å². The SMILES string of the molecule is COc1cccc(OC)c1-c1ccc2ncc(N3CCOCC3)nc2c1. The number of aromatic nitrogens is 2. The molecule has 6 nitrogen and oxygen atoms in total. The molecule has 0 aliphatic carbocycles. The van der Waals surface area contributed by atoms with Crippen LogP contribution in [0.3, 0.4) is 0 Å². The summed E-state index contributed by atoms with van der Waals surface area (Å²) in [6.45, 7) is 3.11. The van der Waals surface area contributed by atoms with Gasteiger partial charge in [0, 0.05) is 13.1 Å². The lowest BCUT2D eigenvalue weighted by Crippen LogP contribution is -2.36. The van der Waals surface area contributed by atoms with E-state index in [1.807, 2.05) is 42.6 Å². The quantitative estimate of drug-likeness (QED) is 0.720. The number of morpholine rings is 1. The summed E-state index contributed by atoms with van der Waals surface area (Å²) >= 11 is 0. The average molecular weight is 351 g/mol. The molecule has 0 spiro atoms. The van der Waals surface area contributed by atoms with Crippen molar-refractivity contribution >= 4 is 16.9 Å². The van der Waals surface area contributed by atoms with E-state index in [1.165, 1.54) is 0 Å². The van der Waals surface area contributed by atoms with E-state index in [9.17, 15) is 0 Å². The fourth-order valence-electron chi connectivity index (χ4n) is 3.24. The molecule has 6 heteroatoms. The standard InChI is InChI=1S/C20H21N3O3/c1-24-17-4-3-5-18(25-2)20(17)14-6-7-15-16(12-14)22-19(13-21-15)23-8-10-26-11-9-23/h3-7,12-13H,8-11H2,1-2H3. The molecule has 2 heterocycles. The minimum Gasteiger partial charge on any atom is -0.496 e. The van der Waals surface area contributed by atoms with Gasteiger partial charge in [-0.05, 0) is 29.8 Å². The molecule has 0 bridgehead atoms. The smallest absolute Gasteiger partial charge is 0.148 e. The second-order valence-electron chi connectivity index (χ2n) is 6.07. The predicted octanol–water partition coefficient (Wildman–Crippen LogP) is 3.15. The van der Waals surface area contributed by atoms with Crippen LogP contribution in [0.1, 0.15) is 0 Å². The highest BCUT2D eigenvalue weighted by Gasteiger charge is 2.16. The van der Waals surface area contributed by atoms with Gasteiger partial charge in [0.05, 0.1) is 50.2 Å². The van der Waals surface area contributed by atoms with E-state index in [-0.39, 0.29) is 0 Å². The van der Waals surface area contributed by atoms with Gasteiger partial charge in [0.25, 0.3) is 0 Å². The lowest BCUT2D eigenvalue weighted by molar-refractivity contribution is 0.122. The molecule has 4 rings (SSSR count). The average Bonchev–Trinajstić information content (AvgIpc) is 2.72. The van der Waals surface area contributed by atoms with Crippen molar-refractivity contribution in [2.45, 2.75) is 0 Å². The first kappa shape index (κ1) is 16.6. The summed E-state index contributed by atoms with van der Waals surface area (Å²) in [5.74, 6) is 2.41. The van der Waals surface area contributed by atoms with Crippen molar-refractivity contribution < 1.29 is 14.2 Å². The highest BCUT2D eigenvalue weighted by Crippen LogP contribution is 2.39. The number of fused-ring (bicyclic) bond motifs is 1.